The zero-order valence-corrected chi connectivity index (χ0v) is 7.43. The maximum absolute atomic E-state index is 12.9. The van der Waals surface area contributed by atoms with Crippen molar-refractivity contribution in [3.63, 3.8) is 0 Å². The first kappa shape index (κ1) is 9.80. The number of rotatable bonds is 2. The van der Waals surface area contributed by atoms with Crippen molar-refractivity contribution >= 4 is 17.6 Å². The first-order chi connectivity index (χ1) is 6.06. The molecule has 13 heavy (non-hydrogen) atoms. The number of benzene rings is 1. The van der Waals surface area contributed by atoms with Gasteiger partial charge in [-0.25, -0.2) is 9.18 Å². The van der Waals surface area contributed by atoms with E-state index in [1.807, 2.05) is 0 Å². The molecule has 0 bridgehead atoms. The third-order valence-corrected chi connectivity index (χ3v) is 1.78. The van der Waals surface area contributed by atoms with Crippen molar-refractivity contribution in [2.24, 2.45) is 0 Å². The van der Waals surface area contributed by atoms with Crippen molar-refractivity contribution in [1.29, 1.82) is 0 Å². The number of methoxy groups -OCH3 is 1. The van der Waals surface area contributed by atoms with Gasteiger partial charge in [-0.3, -0.25) is 0 Å². The lowest BCUT2D eigenvalue weighted by molar-refractivity contribution is 0.0696. The second kappa shape index (κ2) is 3.62. The van der Waals surface area contributed by atoms with Gasteiger partial charge in [-0.05, 0) is 12.1 Å². The van der Waals surface area contributed by atoms with Gasteiger partial charge in [0, 0.05) is 0 Å². The number of hydrogen-bond donors (Lipinski definition) is 1. The Morgan fingerprint density at radius 3 is 2.69 bits per heavy atom. The minimum atomic E-state index is -1.22. The molecular weight excluding hydrogens is 199 g/mol. The predicted octanol–water partition coefficient (Wildman–Crippen LogP) is 2.19. The van der Waals surface area contributed by atoms with Crippen LogP contribution in [0, 0.1) is 5.82 Å². The molecule has 0 spiro atoms. The lowest BCUT2D eigenvalue weighted by Gasteiger charge is -2.04. The molecule has 0 saturated carbocycles. The SMILES string of the molecule is COc1cc(C(=O)O)c(Cl)cc1F. The van der Waals surface area contributed by atoms with Gasteiger partial charge in [0.05, 0.1) is 17.7 Å². The topological polar surface area (TPSA) is 46.5 Å². The summed E-state index contributed by atoms with van der Waals surface area (Å²) in [5.41, 5.74) is -0.181. The van der Waals surface area contributed by atoms with Crippen molar-refractivity contribution < 1.29 is 19.0 Å². The summed E-state index contributed by atoms with van der Waals surface area (Å²) in [5.74, 6) is -2.04. The van der Waals surface area contributed by atoms with E-state index in [4.69, 9.17) is 16.7 Å². The molecular formula is C8H6ClFO3. The predicted molar refractivity (Wildman–Crippen MR) is 44.9 cm³/mol. The van der Waals surface area contributed by atoms with E-state index in [-0.39, 0.29) is 16.3 Å². The van der Waals surface area contributed by atoms with Gasteiger partial charge in [0.15, 0.2) is 11.6 Å². The van der Waals surface area contributed by atoms with Crippen LogP contribution in [0.1, 0.15) is 10.4 Å². The van der Waals surface area contributed by atoms with Crippen LogP contribution in [-0.4, -0.2) is 18.2 Å². The van der Waals surface area contributed by atoms with Crippen molar-refractivity contribution in [2.45, 2.75) is 0 Å². The van der Waals surface area contributed by atoms with Crippen LogP contribution >= 0.6 is 11.6 Å². The lowest BCUT2D eigenvalue weighted by Crippen LogP contribution is -1.99. The summed E-state index contributed by atoms with van der Waals surface area (Å²) in [7, 11) is 1.25. The molecule has 1 N–H and O–H groups in total. The molecule has 0 aromatic heterocycles. The molecule has 1 aromatic carbocycles. The van der Waals surface area contributed by atoms with Gasteiger partial charge in [0.1, 0.15) is 0 Å². The second-order valence-electron chi connectivity index (χ2n) is 2.27. The smallest absolute Gasteiger partial charge is 0.337 e. The van der Waals surface area contributed by atoms with E-state index >= 15 is 0 Å². The van der Waals surface area contributed by atoms with Crippen LogP contribution in [0.4, 0.5) is 4.39 Å². The third-order valence-electron chi connectivity index (χ3n) is 1.47. The van der Waals surface area contributed by atoms with Crippen LogP contribution in [-0.2, 0) is 0 Å². The summed E-state index contributed by atoms with van der Waals surface area (Å²) in [6.07, 6.45) is 0. The van der Waals surface area contributed by atoms with Crippen LogP contribution in [0.2, 0.25) is 5.02 Å². The Balaban J connectivity index is 3.30. The fourth-order valence-electron chi connectivity index (χ4n) is 0.849. The molecule has 0 unspecified atom stereocenters. The van der Waals surface area contributed by atoms with Gasteiger partial charge in [-0.1, -0.05) is 11.6 Å². The van der Waals surface area contributed by atoms with Gasteiger partial charge in [0.25, 0.3) is 0 Å². The largest absolute Gasteiger partial charge is 0.494 e. The summed E-state index contributed by atoms with van der Waals surface area (Å²) < 4.78 is 17.5. The van der Waals surface area contributed by atoms with Crippen LogP contribution < -0.4 is 4.74 Å². The Morgan fingerprint density at radius 1 is 1.62 bits per heavy atom. The average Bonchev–Trinajstić information content (AvgIpc) is 2.03. The number of carbonyl (C=O) groups is 1. The number of hydrogen-bond acceptors (Lipinski definition) is 2. The summed E-state index contributed by atoms with van der Waals surface area (Å²) >= 11 is 5.48. The van der Waals surface area contributed by atoms with Crippen LogP contribution in [0.3, 0.4) is 0 Å². The Labute approximate surface area is 78.7 Å². The molecule has 70 valence electrons. The molecule has 0 radical (unpaired) electrons. The van der Waals surface area contributed by atoms with Gasteiger partial charge in [-0.15, -0.1) is 0 Å². The Bertz CT molecular complexity index is 351. The summed E-state index contributed by atoms with van der Waals surface area (Å²) in [6.45, 7) is 0. The molecule has 0 atom stereocenters. The first-order valence-corrected chi connectivity index (χ1v) is 3.70. The first-order valence-electron chi connectivity index (χ1n) is 3.32. The van der Waals surface area contributed by atoms with Crippen molar-refractivity contribution in [3.05, 3.63) is 28.5 Å². The summed E-state index contributed by atoms with van der Waals surface area (Å²) in [4.78, 5) is 10.5. The average molecular weight is 205 g/mol. The van der Waals surface area contributed by atoms with Crippen molar-refractivity contribution in [1.82, 2.24) is 0 Å². The lowest BCUT2D eigenvalue weighted by atomic mass is 10.2. The summed E-state index contributed by atoms with van der Waals surface area (Å²) in [6, 6.07) is 1.95. The number of carboxylic acid groups (broad SMARTS) is 1. The van der Waals surface area contributed by atoms with E-state index in [1.165, 1.54) is 7.11 Å². The molecule has 0 aliphatic carbocycles. The minimum Gasteiger partial charge on any atom is -0.494 e. The van der Waals surface area contributed by atoms with E-state index in [9.17, 15) is 9.18 Å². The van der Waals surface area contributed by atoms with Crippen molar-refractivity contribution in [2.75, 3.05) is 7.11 Å². The van der Waals surface area contributed by atoms with Crippen LogP contribution in [0.5, 0.6) is 5.75 Å². The van der Waals surface area contributed by atoms with E-state index in [1.54, 1.807) is 0 Å². The van der Waals surface area contributed by atoms with E-state index in [0.29, 0.717) is 0 Å². The fourth-order valence-corrected chi connectivity index (χ4v) is 1.08. The summed E-state index contributed by atoms with van der Waals surface area (Å²) in [5, 5.41) is 8.47. The number of carboxylic acids is 1. The molecule has 1 aromatic rings. The highest BCUT2D eigenvalue weighted by molar-refractivity contribution is 6.33. The van der Waals surface area contributed by atoms with Crippen LogP contribution in [0.25, 0.3) is 0 Å². The monoisotopic (exact) mass is 204 g/mol. The van der Waals surface area contributed by atoms with Gasteiger partial charge in [-0.2, -0.15) is 0 Å². The molecule has 0 aliphatic heterocycles. The van der Waals surface area contributed by atoms with E-state index < -0.39 is 11.8 Å². The Morgan fingerprint density at radius 2 is 2.23 bits per heavy atom. The zero-order chi connectivity index (χ0) is 10.0. The highest BCUT2D eigenvalue weighted by Crippen LogP contribution is 2.25. The minimum absolute atomic E-state index is 0.137. The standard InChI is InChI=1S/C8H6ClFO3/c1-13-7-2-4(8(11)12)5(9)3-6(7)10/h2-3H,1H3,(H,11,12). The quantitative estimate of drug-likeness (QED) is 0.803. The highest BCUT2D eigenvalue weighted by Gasteiger charge is 2.13. The Kier molecular flexibility index (Phi) is 2.72. The molecule has 0 amide bonds. The molecule has 0 heterocycles. The fraction of sp³-hybridized carbons (Fsp3) is 0.125. The maximum atomic E-state index is 12.9. The van der Waals surface area contributed by atoms with E-state index in [0.717, 1.165) is 12.1 Å². The number of ether oxygens (including phenoxy) is 1. The molecule has 0 fully saturated rings. The van der Waals surface area contributed by atoms with Crippen LogP contribution in [0.15, 0.2) is 12.1 Å². The molecule has 0 saturated heterocycles. The maximum Gasteiger partial charge on any atom is 0.337 e. The highest BCUT2D eigenvalue weighted by atomic mass is 35.5. The third kappa shape index (κ3) is 1.89. The van der Waals surface area contributed by atoms with Gasteiger partial charge < -0.3 is 9.84 Å². The Hall–Kier alpha value is -1.29. The number of halogens is 2. The molecule has 1 rings (SSSR count). The van der Waals surface area contributed by atoms with Gasteiger partial charge in [0.2, 0.25) is 0 Å². The zero-order valence-electron chi connectivity index (χ0n) is 6.67. The number of aromatic carboxylic acids is 1. The van der Waals surface area contributed by atoms with E-state index in [2.05, 4.69) is 4.74 Å². The molecule has 0 aliphatic rings. The normalized spacial score (nSPS) is 9.77. The second-order valence-corrected chi connectivity index (χ2v) is 2.68. The van der Waals surface area contributed by atoms with Crippen molar-refractivity contribution in [3.8, 4) is 5.75 Å². The van der Waals surface area contributed by atoms with Gasteiger partial charge >= 0.3 is 5.97 Å². The molecule has 3 nitrogen and oxygen atoms in total. The molecule has 5 heteroatoms.